The second-order valence-corrected chi connectivity index (χ2v) is 6.65. The second-order valence-electron chi connectivity index (χ2n) is 5.74. The van der Waals surface area contributed by atoms with Crippen LogP contribution >= 0.6 is 11.3 Å². The van der Waals surface area contributed by atoms with E-state index in [0.29, 0.717) is 19.6 Å². The van der Waals surface area contributed by atoms with Gasteiger partial charge in [0.05, 0.1) is 6.04 Å². The van der Waals surface area contributed by atoms with E-state index < -0.39 is 0 Å². The topological polar surface area (TPSA) is 64.7 Å². The highest BCUT2D eigenvalue weighted by Crippen LogP contribution is 2.31. The van der Waals surface area contributed by atoms with E-state index in [1.54, 1.807) is 11.3 Å². The van der Waals surface area contributed by atoms with Gasteiger partial charge < -0.3 is 15.5 Å². The van der Waals surface area contributed by atoms with Crippen LogP contribution in [0.5, 0.6) is 0 Å². The fourth-order valence-electron chi connectivity index (χ4n) is 2.77. The molecule has 1 aromatic heterocycles. The molecule has 1 fully saturated rings. The minimum atomic E-state index is -0.341. The van der Waals surface area contributed by atoms with Crippen LogP contribution in [0.15, 0.2) is 29.6 Å². The van der Waals surface area contributed by atoms with Crippen molar-refractivity contribution in [1.82, 2.24) is 20.4 Å². The van der Waals surface area contributed by atoms with Crippen LogP contribution in [0, 0.1) is 0 Å². The predicted octanol–water partition coefficient (Wildman–Crippen LogP) is 2.24. The Balaban J connectivity index is 1.75. The smallest absolute Gasteiger partial charge is 0.325 e. The number of hydrogen-bond donors (Lipinski definition) is 2. The highest BCUT2D eigenvalue weighted by molar-refractivity contribution is 7.17. The van der Waals surface area contributed by atoms with Gasteiger partial charge in [0, 0.05) is 24.3 Å². The van der Waals surface area contributed by atoms with Crippen molar-refractivity contribution in [1.29, 1.82) is 0 Å². The first-order valence-corrected chi connectivity index (χ1v) is 8.41. The largest absolute Gasteiger partial charge is 0.336 e. The van der Waals surface area contributed by atoms with E-state index in [-0.39, 0.29) is 18.1 Å². The van der Waals surface area contributed by atoms with Crippen LogP contribution in [0.4, 0.5) is 9.59 Å². The monoisotopic (exact) mass is 332 g/mol. The minimum Gasteiger partial charge on any atom is -0.336 e. The van der Waals surface area contributed by atoms with Crippen molar-refractivity contribution < 1.29 is 9.59 Å². The first-order valence-electron chi connectivity index (χ1n) is 7.53. The number of hydrogen-bond acceptors (Lipinski definition) is 4. The molecule has 6 nitrogen and oxygen atoms in total. The molecule has 2 N–H and O–H groups in total. The number of imide groups is 1. The number of fused-ring (bicyclic) bond motifs is 1. The van der Waals surface area contributed by atoms with Gasteiger partial charge in [0.15, 0.2) is 0 Å². The molecule has 122 valence electrons. The zero-order chi connectivity index (χ0) is 16.4. The van der Waals surface area contributed by atoms with Crippen LogP contribution in [-0.2, 0) is 0 Å². The Morgan fingerprint density at radius 3 is 2.91 bits per heavy atom. The maximum Gasteiger partial charge on any atom is 0.325 e. The Bertz CT molecular complexity index is 728. The number of nitrogens with one attached hydrogen (secondary N) is 2. The highest BCUT2D eigenvalue weighted by Gasteiger charge is 2.27. The number of amides is 4. The number of benzene rings is 1. The molecule has 1 aliphatic heterocycles. The first-order chi connectivity index (χ1) is 11.1. The zero-order valence-electron chi connectivity index (χ0n) is 13.2. The third-order valence-electron chi connectivity index (χ3n) is 4.04. The lowest BCUT2D eigenvalue weighted by Crippen LogP contribution is -2.44. The van der Waals surface area contributed by atoms with Crippen LogP contribution in [0.2, 0.25) is 0 Å². The van der Waals surface area contributed by atoms with Crippen molar-refractivity contribution in [3.8, 4) is 0 Å². The summed E-state index contributed by atoms with van der Waals surface area (Å²) in [4.78, 5) is 27.0. The molecule has 23 heavy (non-hydrogen) atoms. The van der Waals surface area contributed by atoms with Crippen molar-refractivity contribution >= 4 is 33.5 Å². The molecule has 4 amide bonds. The Morgan fingerprint density at radius 2 is 2.22 bits per heavy atom. The summed E-state index contributed by atoms with van der Waals surface area (Å²) in [6, 6.07) is 7.65. The normalized spacial score (nSPS) is 16.0. The fraction of sp³-hybridized carbons (Fsp3) is 0.375. The van der Waals surface area contributed by atoms with Gasteiger partial charge in [0.1, 0.15) is 0 Å². The van der Waals surface area contributed by atoms with Crippen molar-refractivity contribution in [2.45, 2.75) is 6.04 Å². The molecule has 1 saturated heterocycles. The summed E-state index contributed by atoms with van der Waals surface area (Å²) in [5.74, 6) is 0. The number of urea groups is 2. The van der Waals surface area contributed by atoms with E-state index in [9.17, 15) is 9.59 Å². The van der Waals surface area contributed by atoms with Crippen molar-refractivity contribution in [2.24, 2.45) is 0 Å². The van der Waals surface area contributed by atoms with Crippen LogP contribution in [0.1, 0.15) is 11.6 Å². The van der Waals surface area contributed by atoms with E-state index in [4.69, 9.17) is 0 Å². The van der Waals surface area contributed by atoms with E-state index >= 15 is 0 Å². The van der Waals surface area contributed by atoms with Gasteiger partial charge >= 0.3 is 12.1 Å². The van der Waals surface area contributed by atoms with Crippen molar-refractivity contribution in [2.75, 3.05) is 33.7 Å². The second kappa shape index (κ2) is 6.55. The zero-order valence-corrected chi connectivity index (χ0v) is 14.0. The first kappa shape index (κ1) is 15.8. The third-order valence-corrected chi connectivity index (χ3v) is 5.02. The number of nitrogens with zero attached hydrogens (tertiary/aromatic N) is 2. The average Bonchev–Trinajstić information content (AvgIpc) is 3.14. The Hall–Kier alpha value is -2.12. The Morgan fingerprint density at radius 1 is 1.43 bits per heavy atom. The lowest BCUT2D eigenvalue weighted by Gasteiger charge is -2.25. The summed E-state index contributed by atoms with van der Waals surface area (Å²) in [6.45, 7) is 1.38. The van der Waals surface area contributed by atoms with Gasteiger partial charge in [-0.15, -0.1) is 11.3 Å². The molecule has 1 atom stereocenters. The van der Waals surface area contributed by atoms with Crippen LogP contribution < -0.4 is 10.6 Å². The van der Waals surface area contributed by atoms with Gasteiger partial charge in [-0.1, -0.05) is 18.2 Å². The molecule has 0 saturated carbocycles. The van der Waals surface area contributed by atoms with Crippen LogP contribution in [0.25, 0.3) is 10.1 Å². The molecule has 1 aliphatic rings. The highest BCUT2D eigenvalue weighted by atomic mass is 32.1. The maximum atomic E-state index is 12.2. The molecule has 0 radical (unpaired) electrons. The van der Waals surface area contributed by atoms with Crippen LogP contribution in [-0.4, -0.2) is 55.6 Å². The quantitative estimate of drug-likeness (QED) is 0.902. The molecule has 1 unspecified atom stereocenters. The summed E-state index contributed by atoms with van der Waals surface area (Å²) in [5.41, 5.74) is 1.20. The van der Waals surface area contributed by atoms with Gasteiger partial charge in [-0.25, -0.2) is 14.5 Å². The van der Waals surface area contributed by atoms with E-state index in [2.05, 4.69) is 33.0 Å². The predicted molar refractivity (Wildman–Crippen MR) is 91.8 cm³/mol. The van der Waals surface area contributed by atoms with E-state index in [1.165, 1.54) is 20.5 Å². The Labute approximate surface area is 139 Å². The SMILES string of the molecule is CN(C)C(CNC(=O)N1CCNC1=O)c1csc2ccccc12. The lowest BCUT2D eigenvalue weighted by molar-refractivity contribution is 0.195. The van der Waals surface area contributed by atoms with E-state index in [0.717, 1.165) is 0 Å². The molecule has 0 aliphatic carbocycles. The van der Waals surface area contributed by atoms with Crippen molar-refractivity contribution in [3.05, 3.63) is 35.2 Å². The summed E-state index contributed by atoms with van der Waals surface area (Å²) in [6.07, 6.45) is 0. The molecule has 1 aromatic carbocycles. The number of likely N-dealkylation sites (N-methyl/N-ethyl adjacent to an activating group) is 1. The number of carbonyl (C=O) groups is 2. The number of rotatable bonds is 4. The number of carbonyl (C=O) groups excluding carboxylic acids is 2. The van der Waals surface area contributed by atoms with Crippen LogP contribution in [0.3, 0.4) is 0 Å². The van der Waals surface area contributed by atoms with Gasteiger partial charge in [-0.05, 0) is 36.5 Å². The van der Waals surface area contributed by atoms with Gasteiger partial charge in [0.2, 0.25) is 0 Å². The third kappa shape index (κ3) is 3.16. The molecular weight excluding hydrogens is 312 g/mol. The molecule has 2 aromatic rings. The van der Waals surface area contributed by atoms with Crippen molar-refractivity contribution in [3.63, 3.8) is 0 Å². The standard InChI is InChI=1S/C16H20N4O2S/c1-19(2)13(9-18-16(22)20-8-7-17-15(20)21)12-10-23-14-6-4-3-5-11(12)14/h3-6,10,13H,7-9H2,1-2H3,(H,17,21)(H,18,22). The van der Waals surface area contributed by atoms with E-state index in [1.807, 2.05) is 26.2 Å². The molecule has 0 bridgehead atoms. The van der Waals surface area contributed by atoms with Gasteiger partial charge in [-0.3, -0.25) is 0 Å². The minimum absolute atomic E-state index is 0.0563. The molecule has 0 spiro atoms. The summed E-state index contributed by atoms with van der Waals surface area (Å²) in [7, 11) is 3.98. The summed E-state index contributed by atoms with van der Waals surface area (Å²) < 4.78 is 1.24. The maximum absolute atomic E-state index is 12.2. The fourth-order valence-corrected chi connectivity index (χ4v) is 3.78. The van der Waals surface area contributed by atoms with Gasteiger partial charge in [0.25, 0.3) is 0 Å². The average molecular weight is 332 g/mol. The van der Waals surface area contributed by atoms with Gasteiger partial charge in [-0.2, -0.15) is 0 Å². The molecular formula is C16H20N4O2S. The molecule has 3 rings (SSSR count). The Kier molecular flexibility index (Phi) is 4.49. The molecule has 2 heterocycles. The summed E-state index contributed by atoms with van der Waals surface area (Å²) in [5, 5.41) is 8.86. The lowest BCUT2D eigenvalue weighted by atomic mass is 10.0. The molecule has 7 heteroatoms. The number of thiophene rings is 1. The summed E-state index contributed by atoms with van der Waals surface area (Å²) >= 11 is 1.71.